The minimum absolute atomic E-state index is 0.123. The van der Waals surface area contributed by atoms with E-state index in [0.29, 0.717) is 31.0 Å². The fourth-order valence-electron chi connectivity index (χ4n) is 2.72. The van der Waals surface area contributed by atoms with E-state index < -0.39 is 17.7 Å². The minimum atomic E-state index is -0.753. The van der Waals surface area contributed by atoms with Crippen molar-refractivity contribution in [3.8, 4) is 0 Å². The molecule has 0 fully saturated rings. The molecular formula is C22H29F2N3O2. The number of guanidine groups is 1. The third-order valence-electron chi connectivity index (χ3n) is 4.31. The van der Waals surface area contributed by atoms with Gasteiger partial charge in [-0.3, -0.25) is 4.99 Å². The monoisotopic (exact) mass is 405 g/mol. The van der Waals surface area contributed by atoms with Crippen LogP contribution in [0.3, 0.4) is 0 Å². The van der Waals surface area contributed by atoms with Gasteiger partial charge in [0.05, 0.1) is 25.4 Å². The number of rotatable bonds is 10. The maximum Gasteiger partial charge on any atom is 0.191 e. The van der Waals surface area contributed by atoms with E-state index in [9.17, 15) is 13.9 Å². The van der Waals surface area contributed by atoms with Crippen molar-refractivity contribution in [1.82, 2.24) is 10.6 Å². The average Bonchev–Trinajstić information content (AvgIpc) is 2.73. The highest BCUT2D eigenvalue weighted by molar-refractivity contribution is 5.79. The van der Waals surface area contributed by atoms with Crippen LogP contribution in [0.4, 0.5) is 8.78 Å². The van der Waals surface area contributed by atoms with Crippen molar-refractivity contribution in [3.63, 3.8) is 0 Å². The average molecular weight is 405 g/mol. The maximum atomic E-state index is 13.7. The smallest absolute Gasteiger partial charge is 0.191 e. The van der Waals surface area contributed by atoms with Crippen molar-refractivity contribution in [3.05, 3.63) is 71.3 Å². The van der Waals surface area contributed by atoms with Gasteiger partial charge in [-0.2, -0.15) is 0 Å². The summed E-state index contributed by atoms with van der Waals surface area (Å²) in [4.78, 5) is 4.33. The number of aliphatic hydroxyl groups excluding tert-OH is 1. The molecule has 0 aliphatic carbocycles. The Bertz CT molecular complexity index is 772. The molecule has 0 aromatic heterocycles. The van der Waals surface area contributed by atoms with Gasteiger partial charge in [-0.15, -0.1) is 0 Å². The summed E-state index contributed by atoms with van der Waals surface area (Å²) in [6.45, 7) is 5.19. The topological polar surface area (TPSA) is 65.9 Å². The molecule has 2 unspecified atom stereocenters. The molecule has 158 valence electrons. The van der Waals surface area contributed by atoms with E-state index >= 15 is 0 Å². The zero-order chi connectivity index (χ0) is 21.1. The number of aliphatic imine (C=N–C) groups is 1. The first-order chi connectivity index (χ1) is 14.0. The molecule has 7 heteroatoms. The summed E-state index contributed by atoms with van der Waals surface area (Å²) < 4.78 is 32.6. The van der Waals surface area contributed by atoms with Crippen molar-refractivity contribution in [1.29, 1.82) is 0 Å². The fourth-order valence-corrected chi connectivity index (χ4v) is 2.72. The van der Waals surface area contributed by atoms with Gasteiger partial charge in [0.25, 0.3) is 0 Å². The largest absolute Gasteiger partial charge is 0.389 e. The Hall–Kier alpha value is -2.51. The lowest BCUT2D eigenvalue weighted by Crippen LogP contribution is -2.39. The van der Waals surface area contributed by atoms with Crippen LogP contribution < -0.4 is 10.6 Å². The SMILES string of the molecule is CCNC(=NCC(O)COC(C)c1ccccc1)NCCc1cc(F)ccc1F. The standard InChI is InChI=1S/C22H29F2N3O2/c1-3-25-22(26-12-11-18-13-19(23)9-10-21(18)24)27-14-20(28)15-29-16(2)17-7-5-4-6-8-17/h4-10,13,16,20,28H,3,11-12,14-15H2,1-2H3,(H2,25,26,27). The molecule has 0 aliphatic rings. The van der Waals surface area contributed by atoms with Gasteiger partial charge in [0, 0.05) is 13.1 Å². The fraction of sp³-hybridized carbons (Fsp3) is 0.409. The molecule has 0 aliphatic heterocycles. The Morgan fingerprint density at radius 2 is 1.90 bits per heavy atom. The number of hydrogen-bond acceptors (Lipinski definition) is 3. The number of aliphatic hydroxyl groups is 1. The molecule has 29 heavy (non-hydrogen) atoms. The molecular weight excluding hydrogens is 376 g/mol. The summed E-state index contributed by atoms with van der Waals surface area (Å²) in [5, 5.41) is 16.3. The first kappa shape index (κ1) is 22.8. The molecule has 0 bridgehead atoms. The molecule has 2 rings (SSSR count). The molecule has 2 aromatic rings. The van der Waals surface area contributed by atoms with Crippen molar-refractivity contribution in [2.45, 2.75) is 32.5 Å². The first-order valence-corrected chi connectivity index (χ1v) is 9.80. The highest BCUT2D eigenvalue weighted by Crippen LogP contribution is 2.16. The van der Waals surface area contributed by atoms with Crippen molar-refractivity contribution in [2.24, 2.45) is 4.99 Å². The summed E-state index contributed by atoms with van der Waals surface area (Å²) in [5.74, 6) is -0.399. The van der Waals surface area contributed by atoms with Gasteiger partial charge in [0.2, 0.25) is 0 Å². The van der Waals surface area contributed by atoms with Crippen molar-refractivity contribution in [2.75, 3.05) is 26.2 Å². The highest BCUT2D eigenvalue weighted by Gasteiger charge is 2.10. The van der Waals surface area contributed by atoms with Crippen LogP contribution in [0.5, 0.6) is 0 Å². The van der Waals surface area contributed by atoms with Crippen molar-refractivity contribution >= 4 is 5.96 Å². The number of halogens is 2. The summed E-state index contributed by atoms with van der Waals surface area (Å²) in [6.07, 6.45) is -0.562. The zero-order valence-electron chi connectivity index (χ0n) is 16.9. The van der Waals surface area contributed by atoms with Crippen LogP contribution in [0.25, 0.3) is 0 Å². The van der Waals surface area contributed by atoms with Crippen LogP contribution >= 0.6 is 0 Å². The Balaban J connectivity index is 1.79. The summed E-state index contributed by atoms with van der Waals surface area (Å²) in [6, 6.07) is 13.2. The Labute approximate surface area is 170 Å². The second kappa shape index (κ2) is 12.1. The van der Waals surface area contributed by atoms with E-state index in [-0.39, 0.29) is 19.3 Å². The summed E-state index contributed by atoms with van der Waals surface area (Å²) in [5.41, 5.74) is 1.35. The second-order valence-corrected chi connectivity index (χ2v) is 6.67. The second-order valence-electron chi connectivity index (χ2n) is 6.67. The lowest BCUT2D eigenvalue weighted by Gasteiger charge is -2.17. The Morgan fingerprint density at radius 1 is 1.14 bits per heavy atom. The summed E-state index contributed by atoms with van der Waals surface area (Å²) in [7, 11) is 0. The molecule has 3 N–H and O–H groups in total. The summed E-state index contributed by atoms with van der Waals surface area (Å²) >= 11 is 0. The molecule has 0 amide bonds. The molecule has 0 heterocycles. The number of nitrogens with one attached hydrogen (secondary N) is 2. The Kier molecular flexibility index (Phi) is 9.53. The number of nitrogens with zero attached hydrogens (tertiary/aromatic N) is 1. The Morgan fingerprint density at radius 3 is 2.62 bits per heavy atom. The highest BCUT2D eigenvalue weighted by atomic mass is 19.1. The number of benzene rings is 2. The predicted octanol–water partition coefficient (Wildman–Crippen LogP) is 3.20. The van der Waals surface area contributed by atoms with Crippen LogP contribution in [0, 0.1) is 11.6 Å². The van der Waals surface area contributed by atoms with Gasteiger partial charge >= 0.3 is 0 Å². The maximum absolute atomic E-state index is 13.7. The van der Waals surface area contributed by atoms with Gasteiger partial charge in [-0.05, 0) is 49.6 Å². The van der Waals surface area contributed by atoms with Crippen LogP contribution in [0.1, 0.15) is 31.1 Å². The van der Waals surface area contributed by atoms with E-state index in [2.05, 4.69) is 15.6 Å². The third kappa shape index (κ3) is 8.17. The number of hydrogen-bond donors (Lipinski definition) is 3. The first-order valence-electron chi connectivity index (χ1n) is 9.80. The van der Waals surface area contributed by atoms with E-state index in [4.69, 9.17) is 4.74 Å². The van der Waals surface area contributed by atoms with E-state index in [1.54, 1.807) is 0 Å². The molecule has 0 saturated carbocycles. The quantitative estimate of drug-likeness (QED) is 0.420. The molecule has 0 saturated heterocycles. The van der Waals surface area contributed by atoms with E-state index in [0.717, 1.165) is 17.7 Å². The predicted molar refractivity (Wildman–Crippen MR) is 111 cm³/mol. The van der Waals surface area contributed by atoms with Gasteiger partial charge < -0.3 is 20.5 Å². The van der Waals surface area contributed by atoms with Crippen LogP contribution in [-0.2, 0) is 11.2 Å². The van der Waals surface area contributed by atoms with E-state index in [1.807, 2.05) is 44.2 Å². The number of ether oxygens (including phenoxy) is 1. The van der Waals surface area contributed by atoms with Gasteiger partial charge in [0.1, 0.15) is 11.6 Å². The van der Waals surface area contributed by atoms with Gasteiger partial charge in [0.15, 0.2) is 5.96 Å². The molecule has 0 spiro atoms. The van der Waals surface area contributed by atoms with Gasteiger partial charge in [-0.1, -0.05) is 30.3 Å². The molecule has 2 atom stereocenters. The minimum Gasteiger partial charge on any atom is -0.389 e. The normalized spacial score (nSPS) is 13.8. The van der Waals surface area contributed by atoms with Crippen LogP contribution in [0.2, 0.25) is 0 Å². The van der Waals surface area contributed by atoms with Crippen LogP contribution in [-0.4, -0.2) is 43.4 Å². The lowest BCUT2D eigenvalue weighted by molar-refractivity contribution is 0.00111. The molecule has 2 aromatic carbocycles. The van der Waals surface area contributed by atoms with E-state index in [1.165, 1.54) is 6.07 Å². The van der Waals surface area contributed by atoms with Gasteiger partial charge in [-0.25, -0.2) is 8.78 Å². The molecule has 0 radical (unpaired) electrons. The van der Waals surface area contributed by atoms with Crippen LogP contribution in [0.15, 0.2) is 53.5 Å². The van der Waals surface area contributed by atoms with Crippen molar-refractivity contribution < 1.29 is 18.6 Å². The third-order valence-corrected chi connectivity index (χ3v) is 4.31. The lowest BCUT2D eigenvalue weighted by atomic mass is 10.1. The molecule has 5 nitrogen and oxygen atoms in total. The zero-order valence-corrected chi connectivity index (χ0v) is 16.9.